The lowest BCUT2D eigenvalue weighted by Crippen LogP contribution is -2.06. The predicted molar refractivity (Wildman–Crippen MR) is 57.0 cm³/mol. The van der Waals surface area contributed by atoms with Crippen molar-refractivity contribution in [1.29, 1.82) is 0 Å². The molecule has 0 atom stereocenters. The summed E-state index contributed by atoms with van der Waals surface area (Å²) in [5.74, 6) is 0.563. The van der Waals surface area contributed by atoms with E-state index in [9.17, 15) is 4.39 Å². The molecule has 0 saturated heterocycles. The lowest BCUT2D eigenvalue weighted by Gasteiger charge is -2.23. The minimum atomic E-state index is -0.0481. The zero-order valence-electron chi connectivity index (χ0n) is 8.72. The van der Waals surface area contributed by atoms with Crippen LogP contribution in [0.2, 0.25) is 0 Å². The first-order valence-electron chi connectivity index (χ1n) is 5.54. The zero-order chi connectivity index (χ0) is 9.97. The van der Waals surface area contributed by atoms with Crippen LogP contribution in [-0.2, 0) is 0 Å². The summed E-state index contributed by atoms with van der Waals surface area (Å²) in [4.78, 5) is 0. The molecule has 1 aliphatic carbocycles. The van der Waals surface area contributed by atoms with Crippen molar-refractivity contribution >= 4 is 0 Å². The van der Waals surface area contributed by atoms with Crippen molar-refractivity contribution in [2.45, 2.75) is 44.9 Å². The Bertz CT molecular complexity index is 311. The Morgan fingerprint density at radius 3 is 2.57 bits per heavy atom. The minimum Gasteiger partial charge on any atom is -0.207 e. The van der Waals surface area contributed by atoms with E-state index in [4.69, 9.17) is 0 Å². The molecular formula is C13H17F. The van der Waals surface area contributed by atoms with E-state index in [1.165, 1.54) is 37.7 Å². The number of hydrogen-bond acceptors (Lipinski definition) is 0. The van der Waals surface area contributed by atoms with Crippen LogP contribution >= 0.6 is 0 Å². The smallest absolute Gasteiger partial charge is 0.126 e. The van der Waals surface area contributed by atoms with Gasteiger partial charge in [-0.1, -0.05) is 31.4 Å². The molecule has 0 N–H and O–H groups in total. The normalized spacial score (nSPS) is 18.4. The maximum Gasteiger partial charge on any atom is 0.126 e. The molecule has 0 unspecified atom stereocenters. The van der Waals surface area contributed by atoms with Crippen LogP contribution in [0, 0.1) is 12.7 Å². The van der Waals surface area contributed by atoms with Crippen LogP contribution in [0.1, 0.15) is 49.1 Å². The Labute approximate surface area is 85.1 Å². The molecule has 76 valence electrons. The van der Waals surface area contributed by atoms with Gasteiger partial charge in [-0.25, -0.2) is 4.39 Å². The third-order valence-electron chi connectivity index (χ3n) is 3.35. The monoisotopic (exact) mass is 192 g/mol. The fourth-order valence-electron chi connectivity index (χ4n) is 2.48. The molecule has 0 aliphatic heterocycles. The Kier molecular flexibility index (Phi) is 2.85. The molecule has 0 amide bonds. The molecule has 0 aromatic heterocycles. The lowest BCUT2D eigenvalue weighted by atomic mass is 9.82. The van der Waals surface area contributed by atoms with Crippen LogP contribution in [0.4, 0.5) is 4.39 Å². The van der Waals surface area contributed by atoms with Gasteiger partial charge in [-0.05, 0) is 42.9 Å². The summed E-state index contributed by atoms with van der Waals surface area (Å²) in [6.07, 6.45) is 6.45. The number of benzene rings is 1. The molecule has 0 radical (unpaired) electrons. The maximum atomic E-state index is 13.3. The van der Waals surface area contributed by atoms with Crippen LogP contribution in [0.15, 0.2) is 18.2 Å². The Morgan fingerprint density at radius 2 is 1.86 bits per heavy atom. The Balaban J connectivity index is 2.26. The highest BCUT2D eigenvalue weighted by atomic mass is 19.1. The zero-order valence-corrected chi connectivity index (χ0v) is 8.72. The van der Waals surface area contributed by atoms with E-state index in [1.807, 2.05) is 13.0 Å². The lowest BCUT2D eigenvalue weighted by molar-refractivity contribution is 0.440. The fourth-order valence-corrected chi connectivity index (χ4v) is 2.48. The average Bonchev–Trinajstić information content (AvgIpc) is 2.23. The van der Waals surface area contributed by atoms with Gasteiger partial charge in [0, 0.05) is 0 Å². The maximum absolute atomic E-state index is 13.3. The second-order valence-electron chi connectivity index (χ2n) is 4.29. The molecule has 2 rings (SSSR count). The van der Waals surface area contributed by atoms with Crippen molar-refractivity contribution in [2.24, 2.45) is 0 Å². The van der Waals surface area contributed by atoms with Crippen molar-refractivity contribution in [3.05, 3.63) is 35.1 Å². The summed E-state index contributed by atoms with van der Waals surface area (Å²) in [7, 11) is 0. The Morgan fingerprint density at radius 1 is 1.14 bits per heavy atom. The fraction of sp³-hybridized carbons (Fsp3) is 0.538. The van der Waals surface area contributed by atoms with Crippen molar-refractivity contribution in [2.75, 3.05) is 0 Å². The summed E-state index contributed by atoms with van der Waals surface area (Å²) in [6.45, 7) is 1.90. The van der Waals surface area contributed by atoms with E-state index in [2.05, 4.69) is 6.07 Å². The molecule has 1 heteroatoms. The first kappa shape index (κ1) is 9.70. The predicted octanol–water partition coefficient (Wildman–Crippen LogP) is 4.18. The third-order valence-corrected chi connectivity index (χ3v) is 3.35. The van der Waals surface area contributed by atoms with Gasteiger partial charge in [-0.15, -0.1) is 0 Å². The molecule has 1 aliphatic rings. The van der Waals surface area contributed by atoms with Gasteiger partial charge in [-0.3, -0.25) is 0 Å². The second-order valence-corrected chi connectivity index (χ2v) is 4.29. The van der Waals surface area contributed by atoms with Crippen LogP contribution in [0.3, 0.4) is 0 Å². The Hall–Kier alpha value is -0.850. The largest absolute Gasteiger partial charge is 0.207 e. The summed E-state index contributed by atoms with van der Waals surface area (Å²) in [5, 5.41) is 0. The first-order chi connectivity index (χ1) is 6.79. The highest BCUT2D eigenvalue weighted by Crippen LogP contribution is 2.34. The third kappa shape index (κ3) is 1.82. The molecular weight excluding hydrogens is 175 g/mol. The van der Waals surface area contributed by atoms with E-state index in [1.54, 1.807) is 6.07 Å². The van der Waals surface area contributed by atoms with Gasteiger partial charge in [0.05, 0.1) is 0 Å². The molecule has 14 heavy (non-hydrogen) atoms. The van der Waals surface area contributed by atoms with Gasteiger partial charge < -0.3 is 0 Å². The van der Waals surface area contributed by atoms with Crippen molar-refractivity contribution < 1.29 is 4.39 Å². The number of rotatable bonds is 1. The van der Waals surface area contributed by atoms with Gasteiger partial charge >= 0.3 is 0 Å². The topological polar surface area (TPSA) is 0 Å². The molecule has 1 aromatic carbocycles. The van der Waals surface area contributed by atoms with Crippen molar-refractivity contribution in [3.8, 4) is 0 Å². The molecule has 1 saturated carbocycles. The SMILES string of the molecule is Cc1c(F)cccc1C1CCCCC1. The summed E-state index contributed by atoms with van der Waals surface area (Å²) in [6, 6.07) is 5.49. The summed E-state index contributed by atoms with van der Waals surface area (Å²) < 4.78 is 13.3. The van der Waals surface area contributed by atoms with Crippen LogP contribution in [0.25, 0.3) is 0 Å². The standard InChI is InChI=1S/C13H17F/c1-10-12(8-5-9-13(10)14)11-6-3-2-4-7-11/h5,8-9,11H,2-4,6-7H2,1H3. The molecule has 1 aromatic rings. The van der Waals surface area contributed by atoms with Gasteiger partial charge in [0.25, 0.3) is 0 Å². The molecule has 1 fully saturated rings. The highest BCUT2D eigenvalue weighted by molar-refractivity contribution is 5.30. The summed E-state index contributed by atoms with van der Waals surface area (Å²) >= 11 is 0. The van der Waals surface area contributed by atoms with Gasteiger partial charge in [0.1, 0.15) is 5.82 Å². The van der Waals surface area contributed by atoms with Gasteiger partial charge in [-0.2, -0.15) is 0 Å². The van der Waals surface area contributed by atoms with E-state index >= 15 is 0 Å². The minimum absolute atomic E-state index is 0.0481. The molecule has 0 nitrogen and oxygen atoms in total. The number of hydrogen-bond donors (Lipinski definition) is 0. The van der Waals surface area contributed by atoms with Gasteiger partial charge in [0.15, 0.2) is 0 Å². The first-order valence-corrected chi connectivity index (χ1v) is 5.54. The second kappa shape index (κ2) is 4.12. The highest BCUT2D eigenvalue weighted by Gasteiger charge is 2.17. The average molecular weight is 192 g/mol. The molecule has 0 bridgehead atoms. The van der Waals surface area contributed by atoms with Crippen LogP contribution in [0.5, 0.6) is 0 Å². The van der Waals surface area contributed by atoms with E-state index < -0.39 is 0 Å². The van der Waals surface area contributed by atoms with Crippen molar-refractivity contribution in [3.63, 3.8) is 0 Å². The molecule has 0 heterocycles. The number of halogens is 1. The van der Waals surface area contributed by atoms with E-state index in [-0.39, 0.29) is 5.82 Å². The summed E-state index contributed by atoms with van der Waals surface area (Å²) in [5.41, 5.74) is 2.10. The van der Waals surface area contributed by atoms with Crippen LogP contribution in [-0.4, -0.2) is 0 Å². The van der Waals surface area contributed by atoms with E-state index in [0.717, 1.165) is 5.56 Å². The molecule has 0 spiro atoms. The van der Waals surface area contributed by atoms with Crippen molar-refractivity contribution in [1.82, 2.24) is 0 Å². The quantitative estimate of drug-likeness (QED) is 0.626. The van der Waals surface area contributed by atoms with Crippen LogP contribution < -0.4 is 0 Å². The van der Waals surface area contributed by atoms with E-state index in [0.29, 0.717) is 5.92 Å². The van der Waals surface area contributed by atoms with Gasteiger partial charge in [0.2, 0.25) is 0 Å².